The fraction of sp³-hybridized carbons (Fsp3) is 0.235. The van der Waals surface area contributed by atoms with Crippen molar-refractivity contribution in [2.24, 2.45) is 0 Å². The summed E-state index contributed by atoms with van der Waals surface area (Å²) in [5.41, 5.74) is 4.36. The van der Waals surface area contributed by atoms with E-state index in [0.717, 1.165) is 23.1 Å². The molecule has 1 aliphatic rings. The quantitative estimate of drug-likeness (QED) is 0.891. The maximum atomic E-state index is 12.1. The lowest BCUT2D eigenvalue weighted by Crippen LogP contribution is -2.35. The Bertz CT molecular complexity index is 619. The molecule has 3 rings (SSSR count). The monoisotopic (exact) mass is 267 g/mol. The number of hydrogen-bond acceptors (Lipinski definition) is 2. The molecule has 0 aromatic heterocycles. The number of carbonyl (C=O) groups is 1. The van der Waals surface area contributed by atoms with Crippen LogP contribution >= 0.6 is 0 Å². The van der Waals surface area contributed by atoms with Crippen molar-refractivity contribution in [1.29, 1.82) is 0 Å². The minimum Gasteiger partial charge on any atom is -0.392 e. The Morgan fingerprint density at radius 3 is 2.50 bits per heavy atom. The van der Waals surface area contributed by atoms with E-state index < -0.39 is 0 Å². The molecular formula is C17H17NO2. The van der Waals surface area contributed by atoms with Gasteiger partial charge in [0.1, 0.15) is 0 Å². The molecule has 0 aliphatic heterocycles. The third-order valence-electron chi connectivity index (χ3n) is 3.84. The number of aliphatic hydroxyl groups excluding tert-OH is 1. The van der Waals surface area contributed by atoms with E-state index in [1.54, 1.807) is 0 Å². The lowest BCUT2D eigenvalue weighted by atomic mass is 9.77. The van der Waals surface area contributed by atoms with Crippen LogP contribution in [0.5, 0.6) is 0 Å². The van der Waals surface area contributed by atoms with Crippen LogP contribution in [-0.4, -0.2) is 11.0 Å². The van der Waals surface area contributed by atoms with Crippen LogP contribution < -0.4 is 5.32 Å². The van der Waals surface area contributed by atoms with E-state index in [1.807, 2.05) is 42.5 Å². The first-order valence-corrected chi connectivity index (χ1v) is 6.82. The minimum atomic E-state index is 0.00270. The average Bonchev–Trinajstić information content (AvgIpc) is 2.47. The Morgan fingerprint density at radius 1 is 1.10 bits per heavy atom. The van der Waals surface area contributed by atoms with Crippen LogP contribution in [0, 0.1) is 0 Å². The molecule has 1 aliphatic carbocycles. The van der Waals surface area contributed by atoms with Gasteiger partial charge in [0, 0.05) is 6.54 Å². The Balaban J connectivity index is 1.58. The predicted molar refractivity (Wildman–Crippen MR) is 77.1 cm³/mol. The fourth-order valence-electron chi connectivity index (χ4n) is 2.57. The molecule has 0 bridgehead atoms. The van der Waals surface area contributed by atoms with E-state index in [4.69, 9.17) is 5.11 Å². The molecule has 102 valence electrons. The molecule has 20 heavy (non-hydrogen) atoms. The number of carbonyl (C=O) groups excluding carboxylic acids is 1. The summed E-state index contributed by atoms with van der Waals surface area (Å²) in [5.74, 6) is 0.0952. The van der Waals surface area contributed by atoms with Crippen molar-refractivity contribution in [3.63, 3.8) is 0 Å². The number of benzene rings is 2. The Labute approximate surface area is 118 Å². The largest absolute Gasteiger partial charge is 0.392 e. The number of hydrogen-bond donors (Lipinski definition) is 2. The second-order valence-corrected chi connectivity index (χ2v) is 5.15. The first-order valence-electron chi connectivity index (χ1n) is 6.82. The van der Waals surface area contributed by atoms with Crippen LogP contribution in [0.1, 0.15) is 28.2 Å². The molecule has 1 unspecified atom stereocenters. The maximum Gasteiger partial charge on any atom is 0.228 e. The van der Waals surface area contributed by atoms with Crippen LogP contribution in [0.15, 0.2) is 48.5 Å². The molecule has 2 N–H and O–H groups in total. The number of fused-ring (bicyclic) bond motifs is 1. The van der Waals surface area contributed by atoms with Gasteiger partial charge < -0.3 is 10.4 Å². The smallest absolute Gasteiger partial charge is 0.228 e. The molecule has 0 saturated heterocycles. The van der Waals surface area contributed by atoms with Crippen molar-refractivity contribution >= 4 is 5.91 Å². The molecule has 0 heterocycles. The van der Waals surface area contributed by atoms with Crippen molar-refractivity contribution in [3.05, 3.63) is 70.8 Å². The molecule has 0 spiro atoms. The van der Waals surface area contributed by atoms with Crippen LogP contribution in [0.3, 0.4) is 0 Å². The van der Waals surface area contributed by atoms with Gasteiger partial charge in [-0.25, -0.2) is 0 Å². The van der Waals surface area contributed by atoms with Crippen molar-refractivity contribution in [1.82, 2.24) is 5.32 Å². The van der Waals surface area contributed by atoms with Crippen LogP contribution in [0.25, 0.3) is 0 Å². The lowest BCUT2D eigenvalue weighted by molar-refractivity contribution is -0.123. The zero-order chi connectivity index (χ0) is 13.9. The van der Waals surface area contributed by atoms with Gasteiger partial charge in [-0.15, -0.1) is 0 Å². The van der Waals surface area contributed by atoms with E-state index in [0.29, 0.717) is 6.54 Å². The van der Waals surface area contributed by atoms with Gasteiger partial charge in [0.15, 0.2) is 0 Å². The summed E-state index contributed by atoms with van der Waals surface area (Å²) in [5, 5.41) is 12.0. The summed E-state index contributed by atoms with van der Waals surface area (Å²) in [6, 6.07) is 15.7. The number of aliphatic hydroxyl groups is 1. The van der Waals surface area contributed by atoms with Crippen LogP contribution in [0.4, 0.5) is 0 Å². The second-order valence-electron chi connectivity index (χ2n) is 5.15. The summed E-state index contributed by atoms with van der Waals surface area (Å²) >= 11 is 0. The summed E-state index contributed by atoms with van der Waals surface area (Å²) in [7, 11) is 0. The van der Waals surface area contributed by atoms with Gasteiger partial charge in [0.2, 0.25) is 5.91 Å². The van der Waals surface area contributed by atoms with Gasteiger partial charge in [0.25, 0.3) is 0 Å². The Hall–Kier alpha value is -2.13. The Morgan fingerprint density at radius 2 is 1.80 bits per heavy atom. The summed E-state index contributed by atoms with van der Waals surface area (Å²) in [6.45, 7) is 0.578. The first-order chi connectivity index (χ1) is 9.78. The summed E-state index contributed by atoms with van der Waals surface area (Å²) in [4.78, 5) is 12.1. The molecule has 2 aromatic carbocycles. The lowest BCUT2D eigenvalue weighted by Gasteiger charge is -2.28. The molecule has 1 amide bonds. The predicted octanol–water partition coefficient (Wildman–Crippen LogP) is 2.13. The normalized spacial score (nSPS) is 16.1. The zero-order valence-corrected chi connectivity index (χ0v) is 11.2. The maximum absolute atomic E-state index is 12.1. The minimum absolute atomic E-state index is 0.00270. The zero-order valence-electron chi connectivity index (χ0n) is 11.2. The van der Waals surface area contributed by atoms with E-state index in [2.05, 4.69) is 11.4 Å². The highest BCUT2D eigenvalue weighted by Gasteiger charge is 2.31. The molecule has 0 saturated carbocycles. The van der Waals surface area contributed by atoms with Crippen molar-refractivity contribution in [2.75, 3.05) is 0 Å². The van der Waals surface area contributed by atoms with Gasteiger partial charge in [-0.3, -0.25) is 4.79 Å². The van der Waals surface area contributed by atoms with Crippen LogP contribution in [-0.2, 0) is 24.4 Å². The summed E-state index contributed by atoms with van der Waals surface area (Å²) < 4.78 is 0. The average molecular weight is 267 g/mol. The highest BCUT2D eigenvalue weighted by Crippen LogP contribution is 2.34. The molecule has 0 fully saturated rings. The number of nitrogens with one attached hydrogen (secondary N) is 1. The van der Waals surface area contributed by atoms with Crippen molar-refractivity contribution in [3.8, 4) is 0 Å². The van der Waals surface area contributed by atoms with E-state index in [1.165, 1.54) is 5.56 Å². The second kappa shape index (κ2) is 5.47. The number of amides is 1. The molecule has 2 aromatic rings. The SMILES string of the molecule is O=C(NCc1ccc(CO)cc1)C1Cc2ccccc21. The standard InChI is InChI=1S/C17H17NO2/c19-11-13-7-5-12(6-8-13)10-18-17(20)16-9-14-3-1-2-4-15(14)16/h1-8,16,19H,9-11H2,(H,18,20). The van der Waals surface area contributed by atoms with Gasteiger partial charge in [0.05, 0.1) is 12.5 Å². The van der Waals surface area contributed by atoms with Gasteiger partial charge in [-0.1, -0.05) is 48.5 Å². The van der Waals surface area contributed by atoms with Gasteiger partial charge in [-0.2, -0.15) is 0 Å². The van der Waals surface area contributed by atoms with E-state index in [9.17, 15) is 4.79 Å². The highest BCUT2D eigenvalue weighted by atomic mass is 16.3. The van der Waals surface area contributed by atoms with Gasteiger partial charge in [-0.05, 0) is 28.7 Å². The van der Waals surface area contributed by atoms with Crippen molar-refractivity contribution in [2.45, 2.75) is 25.5 Å². The summed E-state index contributed by atoms with van der Waals surface area (Å²) in [6.07, 6.45) is 0.839. The molecule has 3 heteroatoms. The Kier molecular flexibility index (Phi) is 3.52. The highest BCUT2D eigenvalue weighted by molar-refractivity contribution is 5.86. The molecular weight excluding hydrogens is 250 g/mol. The number of rotatable bonds is 4. The topological polar surface area (TPSA) is 49.3 Å². The van der Waals surface area contributed by atoms with E-state index >= 15 is 0 Å². The van der Waals surface area contributed by atoms with Gasteiger partial charge >= 0.3 is 0 Å². The first kappa shape index (κ1) is 12.9. The fourth-order valence-corrected chi connectivity index (χ4v) is 2.57. The molecule has 3 nitrogen and oxygen atoms in total. The van der Waals surface area contributed by atoms with Crippen LogP contribution in [0.2, 0.25) is 0 Å². The third kappa shape index (κ3) is 2.45. The molecule has 1 atom stereocenters. The third-order valence-corrected chi connectivity index (χ3v) is 3.84. The van der Waals surface area contributed by atoms with Crippen molar-refractivity contribution < 1.29 is 9.90 Å². The van der Waals surface area contributed by atoms with E-state index in [-0.39, 0.29) is 18.4 Å². The molecule has 0 radical (unpaired) electrons.